The number of amides is 1. The normalized spacial score (nSPS) is 22.3. The summed E-state index contributed by atoms with van der Waals surface area (Å²) in [5, 5.41) is 13.6. The van der Waals surface area contributed by atoms with Crippen molar-refractivity contribution < 1.29 is 9.90 Å². The molecule has 4 nitrogen and oxygen atoms in total. The molecule has 112 valence electrons. The van der Waals surface area contributed by atoms with Gasteiger partial charge in [0.15, 0.2) is 0 Å². The van der Waals surface area contributed by atoms with Crippen LogP contribution in [0.1, 0.15) is 37.1 Å². The first-order chi connectivity index (χ1) is 10.2. The van der Waals surface area contributed by atoms with Crippen molar-refractivity contribution in [2.45, 2.75) is 50.7 Å². The molecule has 0 bridgehead atoms. The predicted octanol–water partition coefficient (Wildman–Crippen LogP) is 2.65. The summed E-state index contributed by atoms with van der Waals surface area (Å²) >= 11 is 1.66. The van der Waals surface area contributed by atoms with Crippen molar-refractivity contribution in [1.82, 2.24) is 10.3 Å². The minimum Gasteiger partial charge on any atom is -0.393 e. The van der Waals surface area contributed by atoms with E-state index in [1.165, 1.54) is 4.70 Å². The molecule has 0 atom stereocenters. The van der Waals surface area contributed by atoms with E-state index in [1.807, 2.05) is 18.2 Å². The monoisotopic (exact) mass is 304 g/mol. The van der Waals surface area contributed by atoms with E-state index in [9.17, 15) is 9.90 Å². The number of para-hydroxylation sites is 1. The van der Waals surface area contributed by atoms with Crippen LogP contribution in [0.5, 0.6) is 0 Å². The van der Waals surface area contributed by atoms with Gasteiger partial charge in [-0.05, 0) is 37.8 Å². The molecule has 1 aromatic heterocycles. The maximum absolute atomic E-state index is 12.0. The second kappa shape index (κ2) is 6.54. The summed E-state index contributed by atoms with van der Waals surface area (Å²) < 4.78 is 1.18. The number of aryl methyl sites for hydroxylation is 1. The fourth-order valence-electron chi connectivity index (χ4n) is 2.77. The molecule has 0 unspecified atom stereocenters. The van der Waals surface area contributed by atoms with E-state index < -0.39 is 0 Å². The van der Waals surface area contributed by atoms with Crippen molar-refractivity contribution in [2.24, 2.45) is 0 Å². The topological polar surface area (TPSA) is 62.2 Å². The first-order valence-electron chi connectivity index (χ1n) is 7.52. The highest BCUT2D eigenvalue weighted by Crippen LogP contribution is 2.22. The zero-order chi connectivity index (χ0) is 14.7. The Bertz CT molecular complexity index is 585. The molecule has 1 aromatic carbocycles. The Morgan fingerprint density at radius 3 is 2.81 bits per heavy atom. The number of thiazole rings is 1. The van der Waals surface area contributed by atoms with Crippen LogP contribution in [0.2, 0.25) is 0 Å². The van der Waals surface area contributed by atoms with Crippen molar-refractivity contribution in [3.8, 4) is 0 Å². The minimum absolute atomic E-state index is 0.0932. The molecular weight excluding hydrogens is 284 g/mol. The number of aliphatic hydroxyl groups excluding tert-OH is 1. The van der Waals surface area contributed by atoms with Crippen LogP contribution in [0.4, 0.5) is 0 Å². The Hall–Kier alpha value is -1.46. The Morgan fingerprint density at radius 2 is 2.05 bits per heavy atom. The quantitative estimate of drug-likeness (QED) is 0.913. The maximum atomic E-state index is 12.0. The van der Waals surface area contributed by atoms with Gasteiger partial charge in [0.25, 0.3) is 0 Å². The summed E-state index contributed by atoms with van der Waals surface area (Å²) in [7, 11) is 0. The lowest BCUT2D eigenvalue weighted by Gasteiger charge is -2.26. The summed E-state index contributed by atoms with van der Waals surface area (Å²) in [6.45, 7) is 0. The molecule has 1 heterocycles. The van der Waals surface area contributed by atoms with Crippen molar-refractivity contribution in [1.29, 1.82) is 0 Å². The minimum atomic E-state index is -0.180. The van der Waals surface area contributed by atoms with Crippen molar-refractivity contribution >= 4 is 27.5 Å². The first kappa shape index (κ1) is 14.5. The number of aromatic nitrogens is 1. The molecule has 21 heavy (non-hydrogen) atoms. The number of fused-ring (bicyclic) bond motifs is 1. The van der Waals surface area contributed by atoms with E-state index in [0.29, 0.717) is 12.8 Å². The predicted molar refractivity (Wildman–Crippen MR) is 84.3 cm³/mol. The largest absolute Gasteiger partial charge is 0.393 e. The molecule has 1 saturated carbocycles. The van der Waals surface area contributed by atoms with Crippen LogP contribution < -0.4 is 5.32 Å². The fourth-order valence-corrected chi connectivity index (χ4v) is 3.73. The summed E-state index contributed by atoms with van der Waals surface area (Å²) in [6, 6.07) is 8.29. The van der Waals surface area contributed by atoms with Crippen LogP contribution in [-0.2, 0) is 11.2 Å². The van der Waals surface area contributed by atoms with Gasteiger partial charge in [0.05, 0.1) is 21.3 Å². The zero-order valence-corrected chi connectivity index (χ0v) is 12.7. The van der Waals surface area contributed by atoms with Crippen molar-refractivity contribution in [2.75, 3.05) is 0 Å². The third-order valence-corrected chi connectivity index (χ3v) is 5.06. The van der Waals surface area contributed by atoms with Crippen LogP contribution in [0.3, 0.4) is 0 Å². The standard InChI is InChI=1S/C16H20N2O2S/c19-12-7-5-11(6-8-12)17-15(20)9-10-16-18-13-3-1-2-4-14(13)21-16/h1-4,11-12,19H,5-10H2,(H,17,20). The van der Waals surface area contributed by atoms with Gasteiger partial charge < -0.3 is 10.4 Å². The van der Waals surface area contributed by atoms with Gasteiger partial charge in [0.1, 0.15) is 0 Å². The summed E-state index contributed by atoms with van der Waals surface area (Å²) in [5.74, 6) is 0.0932. The molecule has 0 radical (unpaired) electrons. The molecule has 0 spiro atoms. The van der Waals surface area contributed by atoms with E-state index >= 15 is 0 Å². The number of carbonyl (C=O) groups is 1. The Labute approximate surface area is 128 Å². The number of nitrogens with zero attached hydrogens (tertiary/aromatic N) is 1. The number of nitrogens with one attached hydrogen (secondary N) is 1. The second-order valence-corrected chi connectivity index (χ2v) is 6.76. The molecule has 5 heteroatoms. The van der Waals surface area contributed by atoms with Gasteiger partial charge in [-0.25, -0.2) is 4.98 Å². The summed E-state index contributed by atoms with van der Waals surface area (Å²) in [5.41, 5.74) is 1.01. The van der Waals surface area contributed by atoms with Gasteiger partial charge >= 0.3 is 0 Å². The van der Waals surface area contributed by atoms with E-state index in [4.69, 9.17) is 0 Å². The SMILES string of the molecule is O=C(CCc1nc2ccccc2s1)NC1CCC(O)CC1. The molecule has 1 aliphatic carbocycles. The first-order valence-corrected chi connectivity index (χ1v) is 8.34. The summed E-state index contributed by atoms with van der Waals surface area (Å²) in [6.07, 6.45) is 4.36. The molecule has 0 saturated heterocycles. The summed E-state index contributed by atoms with van der Waals surface area (Å²) in [4.78, 5) is 16.5. The highest BCUT2D eigenvalue weighted by molar-refractivity contribution is 7.18. The molecule has 3 rings (SSSR count). The molecule has 1 aliphatic rings. The van der Waals surface area contributed by atoms with Crippen LogP contribution in [0, 0.1) is 0 Å². The van der Waals surface area contributed by atoms with Crippen LogP contribution >= 0.6 is 11.3 Å². The number of carbonyl (C=O) groups excluding carboxylic acids is 1. The number of aliphatic hydroxyl groups is 1. The third-order valence-electron chi connectivity index (χ3n) is 3.97. The molecule has 2 N–H and O–H groups in total. The smallest absolute Gasteiger partial charge is 0.220 e. The highest BCUT2D eigenvalue weighted by Gasteiger charge is 2.20. The fraction of sp³-hybridized carbons (Fsp3) is 0.500. The average Bonchev–Trinajstić information content (AvgIpc) is 2.90. The zero-order valence-electron chi connectivity index (χ0n) is 11.9. The van der Waals surface area contributed by atoms with Gasteiger partial charge in [-0.15, -0.1) is 11.3 Å². The average molecular weight is 304 g/mol. The molecule has 1 fully saturated rings. The lowest BCUT2D eigenvalue weighted by atomic mass is 9.93. The van der Waals surface area contributed by atoms with E-state index in [0.717, 1.165) is 36.2 Å². The van der Waals surface area contributed by atoms with E-state index in [-0.39, 0.29) is 18.1 Å². The van der Waals surface area contributed by atoms with Gasteiger partial charge in [-0.2, -0.15) is 0 Å². The number of rotatable bonds is 4. The van der Waals surface area contributed by atoms with Crippen molar-refractivity contribution in [3.05, 3.63) is 29.3 Å². The van der Waals surface area contributed by atoms with Gasteiger partial charge in [0.2, 0.25) is 5.91 Å². The number of hydrogen-bond acceptors (Lipinski definition) is 4. The lowest BCUT2D eigenvalue weighted by molar-refractivity contribution is -0.122. The Kier molecular flexibility index (Phi) is 4.51. The van der Waals surface area contributed by atoms with E-state index in [2.05, 4.69) is 16.4 Å². The second-order valence-electron chi connectivity index (χ2n) is 5.65. The van der Waals surface area contributed by atoms with Crippen molar-refractivity contribution in [3.63, 3.8) is 0 Å². The third kappa shape index (κ3) is 3.80. The molecule has 0 aliphatic heterocycles. The van der Waals surface area contributed by atoms with Crippen LogP contribution in [0.25, 0.3) is 10.2 Å². The maximum Gasteiger partial charge on any atom is 0.220 e. The van der Waals surface area contributed by atoms with E-state index in [1.54, 1.807) is 11.3 Å². The van der Waals surface area contributed by atoms with Crippen LogP contribution in [0.15, 0.2) is 24.3 Å². The number of hydrogen-bond donors (Lipinski definition) is 2. The molecular formula is C16H20N2O2S. The van der Waals surface area contributed by atoms with Gasteiger partial charge in [-0.1, -0.05) is 12.1 Å². The Balaban J connectivity index is 1.49. The molecule has 1 amide bonds. The van der Waals surface area contributed by atoms with Gasteiger partial charge in [0, 0.05) is 18.9 Å². The van der Waals surface area contributed by atoms with Crippen LogP contribution in [-0.4, -0.2) is 28.1 Å². The van der Waals surface area contributed by atoms with Gasteiger partial charge in [-0.3, -0.25) is 4.79 Å². The lowest BCUT2D eigenvalue weighted by Crippen LogP contribution is -2.38. The number of benzene rings is 1. The highest BCUT2D eigenvalue weighted by atomic mass is 32.1. The Morgan fingerprint density at radius 1 is 1.29 bits per heavy atom. The molecule has 2 aromatic rings.